The number of aryl methyl sites for hydroxylation is 1. The zero-order chi connectivity index (χ0) is 21.3. The van der Waals surface area contributed by atoms with Crippen molar-refractivity contribution in [2.45, 2.75) is 58.7 Å². The molecule has 0 spiro atoms. The van der Waals surface area contributed by atoms with Gasteiger partial charge in [0.1, 0.15) is 16.6 Å². The molecule has 0 bridgehead atoms. The molecule has 2 N–H and O–H groups in total. The van der Waals surface area contributed by atoms with Crippen molar-refractivity contribution in [3.63, 3.8) is 0 Å². The van der Waals surface area contributed by atoms with Crippen molar-refractivity contribution >= 4 is 23.4 Å². The summed E-state index contributed by atoms with van der Waals surface area (Å²) < 4.78 is 32.2. The number of ether oxygens (including phenoxy) is 1. The largest absolute Gasteiger partial charge is 0.476 e. The van der Waals surface area contributed by atoms with Crippen LogP contribution in [0.25, 0.3) is 11.3 Å². The summed E-state index contributed by atoms with van der Waals surface area (Å²) in [6.07, 6.45) is 4.68. The molecule has 0 saturated heterocycles. The van der Waals surface area contributed by atoms with E-state index in [-0.39, 0.29) is 39.8 Å². The summed E-state index contributed by atoms with van der Waals surface area (Å²) in [5.74, 6) is -0.422. The predicted molar refractivity (Wildman–Crippen MR) is 105 cm³/mol. The maximum atomic E-state index is 13.1. The Morgan fingerprint density at radius 3 is 2.72 bits per heavy atom. The fourth-order valence-electron chi connectivity index (χ4n) is 3.38. The van der Waals surface area contributed by atoms with Crippen LogP contribution in [-0.2, 0) is 6.54 Å². The number of pyridine rings is 1. The molecule has 1 aliphatic rings. The normalized spacial score (nSPS) is 14.3. The first kappa shape index (κ1) is 21.3. The lowest BCUT2D eigenvalue weighted by Crippen LogP contribution is -2.31. The van der Waals surface area contributed by atoms with Gasteiger partial charge >= 0.3 is 12.6 Å². The second kappa shape index (κ2) is 8.14. The number of rotatable bonds is 9. The minimum atomic E-state index is -3.07. The summed E-state index contributed by atoms with van der Waals surface area (Å²) >= 11 is 6.21. The molecule has 0 unspecified atom stereocenters. The molecule has 1 aliphatic carbocycles. The van der Waals surface area contributed by atoms with Gasteiger partial charge < -0.3 is 15.2 Å². The first-order chi connectivity index (χ1) is 13.6. The third kappa shape index (κ3) is 4.95. The van der Waals surface area contributed by atoms with E-state index in [9.17, 15) is 18.7 Å². The molecular weight excluding hydrogens is 406 g/mol. The minimum absolute atomic E-state index is 0.141. The highest BCUT2D eigenvalue weighted by Gasteiger charge is 2.31. The number of alkyl halides is 2. The lowest BCUT2D eigenvalue weighted by molar-refractivity contribution is -0.0494. The van der Waals surface area contributed by atoms with E-state index in [1.54, 1.807) is 6.92 Å². The third-order valence-corrected chi connectivity index (χ3v) is 5.05. The number of carbonyl (C=O) groups is 1. The maximum absolute atomic E-state index is 13.1. The van der Waals surface area contributed by atoms with Gasteiger partial charge in [-0.05, 0) is 33.1 Å². The van der Waals surface area contributed by atoms with Crippen LogP contribution in [0.2, 0.25) is 5.02 Å². The Labute approximate surface area is 172 Å². The number of carboxylic acids is 1. The van der Waals surface area contributed by atoms with E-state index >= 15 is 0 Å². The van der Waals surface area contributed by atoms with Crippen LogP contribution in [0.15, 0.2) is 12.3 Å². The molecule has 1 fully saturated rings. The summed E-state index contributed by atoms with van der Waals surface area (Å²) in [6, 6.07) is 1.37. The van der Waals surface area contributed by atoms with Crippen LogP contribution in [0.1, 0.15) is 50.5 Å². The summed E-state index contributed by atoms with van der Waals surface area (Å²) in [6.45, 7) is 2.99. The molecule has 0 aromatic carbocycles. The van der Waals surface area contributed by atoms with Crippen LogP contribution < -0.4 is 10.1 Å². The third-order valence-electron chi connectivity index (χ3n) is 4.70. The monoisotopic (exact) mass is 428 g/mol. The molecule has 158 valence electrons. The SMILES string of the molecule is CCn1nc(C(=O)O)c(Cl)c1-c1cnc(NC(C)(C)CC2CC2)cc1OC(F)F. The van der Waals surface area contributed by atoms with Crippen molar-refractivity contribution in [3.8, 4) is 17.0 Å². The van der Waals surface area contributed by atoms with Gasteiger partial charge in [-0.2, -0.15) is 13.9 Å². The molecule has 29 heavy (non-hydrogen) atoms. The van der Waals surface area contributed by atoms with E-state index in [0.717, 1.165) is 6.42 Å². The molecule has 3 rings (SSSR count). The highest BCUT2D eigenvalue weighted by molar-refractivity contribution is 6.35. The van der Waals surface area contributed by atoms with Gasteiger partial charge in [-0.25, -0.2) is 9.78 Å². The van der Waals surface area contributed by atoms with Crippen LogP contribution in [0.5, 0.6) is 5.75 Å². The van der Waals surface area contributed by atoms with Gasteiger partial charge in [0, 0.05) is 24.3 Å². The first-order valence-electron chi connectivity index (χ1n) is 9.34. The number of nitrogens with one attached hydrogen (secondary N) is 1. The smallest absolute Gasteiger partial charge is 0.387 e. The Morgan fingerprint density at radius 1 is 1.48 bits per heavy atom. The van der Waals surface area contributed by atoms with Crippen LogP contribution in [0, 0.1) is 5.92 Å². The van der Waals surface area contributed by atoms with Crippen LogP contribution in [0.4, 0.5) is 14.6 Å². The number of nitrogens with zero attached hydrogens (tertiary/aromatic N) is 3. The summed E-state index contributed by atoms with van der Waals surface area (Å²) in [7, 11) is 0. The number of carboxylic acid groups (broad SMARTS) is 1. The van der Waals surface area contributed by atoms with Crippen molar-refractivity contribution in [2.75, 3.05) is 5.32 Å². The molecular formula is C19H23ClF2N4O3. The zero-order valence-electron chi connectivity index (χ0n) is 16.4. The number of aromatic nitrogens is 3. The predicted octanol–water partition coefficient (Wildman–Crippen LogP) is 4.91. The van der Waals surface area contributed by atoms with Gasteiger partial charge in [-0.3, -0.25) is 4.68 Å². The number of halogens is 3. The Balaban J connectivity index is 2.02. The van der Waals surface area contributed by atoms with E-state index in [1.165, 1.54) is 29.8 Å². The highest BCUT2D eigenvalue weighted by atomic mass is 35.5. The van der Waals surface area contributed by atoms with Gasteiger partial charge in [0.2, 0.25) is 0 Å². The van der Waals surface area contributed by atoms with Gasteiger partial charge in [-0.1, -0.05) is 24.4 Å². The Morgan fingerprint density at radius 2 is 2.17 bits per heavy atom. The summed E-state index contributed by atoms with van der Waals surface area (Å²) in [4.78, 5) is 15.7. The first-order valence-corrected chi connectivity index (χ1v) is 9.72. The molecule has 0 amide bonds. The van der Waals surface area contributed by atoms with Crippen LogP contribution in [0.3, 0.4) is 0 Å². The quantitative estimate of drug-likeness (QED) is 0.590. The molecule has 0 radical (unpaired) electrons. The van der Waals surface area contributed by atoms with E-state index in [1.807, 2.05) is 13.8 Å². The average molecular weight is 429 g/mol. The Hall–Kier alpha value is -2.42. The molecule has 2 aromatic heterocycles. The molecule has 10 heteroatoms. The topological polar surface area (TPSA) is 89.3 Å². The van der Waals surface area contributed by atoms with E-state index < -0.39 is 12.6 Å². The second-order valence-corrected chi connectivity index (χ2v) is 8.11. The van der Waals surface area contributed by atoms with Crippen molar-refractivity contribution < 1.29 is 23.4 Å². The molecule has 1 saturated carbocycles. The van der Waals surface area contributed by atoms with Gasteiger partial charge in [0.15, 0.2) is 5.69 Å². The second-order valence-electron chi connectivity index (χ2n) is 7.73. The van der Waals surface area contributed by atoms with Crippen molar-refractivity contribution in [2.24, 2.45) is 5.92 Å². The highest BCUT2D eigenvalue weighted by Crippen LogP contribution is 2.40. The molecule has 2 aromatic rings. The lowest BCUT2D eigenvalue weighted by atomic mass is 9.97. The summed E-state index contributed by atoms with van der Waals surface area (Å²) in [5, 5.41) is 16.3. The molecule has 0 aliphatic heterocycles. The number of hydrogen-bond acceptors (Lipinski definition) is 5. The van der Waals surface area contributed by atoms with Gasteiger partial charge in [0.05, 0.1) is 11.3 Å². The molecule has 0 atom stereocenters. The van der Waals surface area contributed by atoms with Gasteiger partial charge in [0.25, 0.3) is 0 Å². The zero-order valence-corrected chi connectivity index (χ0v) is 17.1. The van der Waals surface area contributed by atoms with Crippen LogP contribution in [-0.4, -0.2) is 38.0 Å². The molecule has 7 nitrogen and oxygen atoms in total. The number of anilines is 1. The van der Waals surface area contributed by atoms with Crippen molar-refractivity contribution in [1.29, 1.82) is 0 Å². The number of hydrogen-bond donors (Lipinski definition) is 2. The van der Waals surface area contributed by atoms with E-state index in [0.29, 0.717) is 11.7 Å². The summed E-state index contributed by atoms with van der Waals surface area (Å²) in [5.41, 5.74) is -0.322. The van der Waals surface area contributed by atoms with Gasteiger partial charge in [-0.15, -0.1) is 0 Å². The van der Waals surface area contributed by atoms with Crippen molar-refractivity contribution in [3.05, 3.63) is 23.0 Å². The minimum Gasteiger partial charge on any atom is -0.476 e. The van der Waals surface area contributed by atoms with Crippen molar-refractivity contribution in [1.82, 2.24) is 14.8 Å². The lowest BCUT2D eigenvalue weighted by Gasteiger charge is -2.27. The van der Waals surface area contributed by atoms with E-state index in [4.69, 9.17) is 16.3 Å². The Kier molecular flexibility index (Phi) is 5.97. The van der Waals surface area contributed by atoms with Crippen LogP contribution >= 0.6 is 11.6 Å². The average Bonchev–Trinajstić information content (AvgIpc) is 3.34. The molecule has 2 heterocycles. The standard InChI is InChI=1S/C19H23ClF2N4O3/c1-4-26-16(14(20)15(25-26)17(27)28)11-9-23-13(7-12(11)29-18(21)22)24-19(2,3)8-10-5-6-10/h7,9-10,18H,4-6,8H2,1-3H3,(H,23,24)(H,27,28). The fourth-order valence-corrected chi connectivity index (χ4v) is 3.70. The Bertz CT molecular complexity index is 913. The number of aromatic carboxylic acids is 1. The maximum Gasteiger partial charge on any atom is 0.387 e. The fraction of sp³-hybridized carbons (Fsp3) is 0.526. The van der Waals surface area contributed by atoms with E-state index in [2.05, 4.69) is 15.4 Å².